The van der Waals surface area contributed by atoms with Crippen LogP contribution >= 0.6 is 22.2 Å². The molecule has 0 aliphatic rings. The molecule has 152 valence electrons. The van der Waals surface area contributed by atoms with Crippen molar-refractivity contribution in [3.63, 3.8) is 0 Å². The van der Waals surface area contributed by atoms with Crippen LogP contribution in [0.5, 0.6) is 0 Å². The summed E-state index contributed by atoms with van der Waals surface area (Å²) in [5, 5.41) is 0. The number of rotatable bonds is 8. The lowest BCUT2D eigenvalue weighted by atomic mass is 9.94. The molecule has 0 aliphatic carbocycles. The highest BCUT2D eigenvalue weighted by Crippen LogP contribution is 2.57. The summed E-state index contributed by atoms with van der Waals surface area (Å²) in [5.74, 6) is -33.0. The van der Waals surface area contributed by atoms with Gasteiger partial charge in [0.25, 0.3) is 13.1 Å². The van der Waals surface area contributed by atoms with Crippen molar-refractivity contribution in [2.24, 2.45) is 0 Å². The van der Waals surface area contributed by atoms with Gasteiger partial charge in [-0.1, -0.05) is 0 Å². The summed E-state index contributed by atoms with van der Waals surface area (Å²) >= 11 is 9.69. The first-order valence-electron chi connectivity index (χ1n) is 5.76. The Hall–Kier alpha value is -0.113. The number of alkyl halides is 13. The van der Waals surface area contributed by atoms with Gasteiger partial charge in [0.15, 0.2) is 12.0 Å². The maximum absolute atomic E-state index is 13.3. The largest absolute Gasteiger partial charge is 0.381 e. The molecule has 0 aromatic rings. The Morgan fingerprint density at radius 2 is 1.00 bits per heavy atom. The molecule has 16 heteroatoms. The molecule has 3 atom stereocenters. The molecule has 0 aromatic heterocycles. The van der Waals surface area contributed by atoms with Gasteiger partial charge in [0.2, 0.25) is 6.17 Å². The van der Waals surface area contributed by atoms with Crippen molar-refractivity contribution >= 4 is 28.9 Å². The highest BCUT2D eigenvalue weighted by Gasteiger charge is 2.85. The van der Waals surface area contributed by atoms with Gasteiger partial charge < -0.3 is 0 Å². The lowest BCUT2D eigenvalue weighted by Gasteiger charge is -2.40. The van der Waals surface area contributed by atoms with E-state index in [1.54, 1.807) is 0 Å². The predicted octanol–water partition coefficient (Wildman–Crippen LogP) is 5.90. The first-order valence-corrected chi connectivity index (χ1v) is 10.4. The van der Waals surface area contributed by atoms with Gasteiger partial charge in [-0.2, -0.15) is 35.1 Å². The van der Waals surface area contributed by atoms with Crippen LogP contribution in [0.3, 0.4) is 0 Å². The summed E-state index contributed by atoms with van der Waals surface area (Å²) in [4.78, 5) is 0. The molecule has 0 aliphatic heterocycles. The topological polar surface area (TPSA) is 0 Å². The minimum absolute atomic E-state index is 0.216. The van der Waals surface area contributed by atoms with E-state index in [0.717, 1.165) is 0 Å². The number of hydrogen-bond acceptors (Lipinski definition) is 0. The van der Waals surface area contributed by atoms with Crippen LogP contribution in [0.25, 0.3) is 0 Å². The van der Waals surface area contributed by atoms with Crippen LogP contribution < -0.4 is 0 Å². The Labute approximate surface area is 141 Å². The number of halogens is 15. The quantitative estimate of drug-likeness (QED) is 0.240. The van der Waals surface area contributed by atoms with Crippen LogP contribution in [0.15, 0.2) is 0 Å². The van der Waals surface area contributed by atoms with Gasteiger partial charge in [0.05, 0.1) is 0 Å². The fraction of sp³-hybridized carbons (Fsp3) is 1.00. The Balaban J connectivity index is 6.11. The van der Waals surface area contributed by atoms with Crippen molar-refractivity contribution in [3.05, 3.63) is 0 Å². The van der Waals surface area contributed by atoms with Crippen molar-refractivity contribution in [2.45, 2.75) is 54.8 Å². The minimum Gasteiger partial charge on any atom is -0.241 e. The van der Waals surface area contributed by atoms with Crippen LogP contribution in [0.4, 0.5) is 57.1 Å². The van der Waals surface area contributed by atoms with E-state index in [1.807, 2.05) is 0 Å². The van der Waals surface area contributed by atoms with Gasteiger partial charge in [-0.15, -0.1) is 22.2 Å². The minimum atomic E-state index is -7.49. The van der Waals surface area contributed by atoms with E-state index in [0.29, 0.717) is 0 Å². The smallest absolute Gasteiger partial charge is 0.241 e. The average Bonchev–Trinajstić information content (AvgIpc) is 2.42. The Kier molecular flexibility index (Phi) is 7.10. The molecule has 0 heterocycles. The second-order valence-corrected chi connectivity index (χ2v) is 12.6. The molecule has 0 rings (SSSR count). The van der Waals surface area contributed by atoms with Crippen molar-refractivity contribution in [1.82, 2.24) is 0 Å². The van der Waals surface area contributed by atoms with Crippen LogP contribution in [0.1, 0.15) is 0 Å². The third-order valence-electron chi connectivity index (χ3n) is 2.86. The maximum Gasteiger partial charge on any atom is 0.381 e. The Bertz CT molecular complexity index is 463. The second-order valence-electron chi connectivity index (χ2n) is 4.89. The van der Waals surface area contributed by atoms with Gasteiger partial charge in [-0.3, -0.25) is 0 Å². The standard InChI is InChI=1S/C9H7Cl2F13Si/c1-25(10,11)5(16)7(19,20)9(23,24)8(21,22)6(17,18)3(13)2(12)4(14)15/h2-5H,1H3. The molecule has 0 saturated carbocycles. The third kappa shape index (κ3) is 4.09. The van der Waals surface area contributed by atoms with E-state index in [2.05, 4.69) is 0 Å². The van der Waals surface area contributed by atoms with Gasteiger partial charge >= 0.3 is 23.7 Å². The van der Waals surface area contributed by atoms with Crippen LogP contribution in [0, 0.1) is 0 Å². The summed E-state index contributed by atoms with van der Waals surface area (Å²) in [6, 6.07) is 0. The molecule has 0 bridgehead atoms. The SMILES string of the molecule is C[Si](Cl)(Cl)C(F)C(F)(F)C(F)(F)C(F)(F)C(F)(F)C(F)C(F)C(F)F. The average molecular weight is 461 g/mol. The highest BCUT2D eigenvalue weighted by atomic mass is 35.7. The summed E-state index contributed by atoms with van der Waals surface area (Å²) < 4.78 is 168. The zero-order chi connectivity index (χ0) is 20.8. The first kappa shape index (κ1) is 24.9. The van der Waals surface area contributed by atoms with Gasteiger partial charge in [-0.25, -0.2) is 22.0 Å². The van der Waals surface area contributed by atoms with Crippen molar-refractivity contribution in [1.29, 1.82) is 0 Å². The lowest BCUT2D eigenvalue weighted by molar-refractivity contribution is -0.383. The van der Waals surface area contributed by atoms with Gasteiger partial charge in [0.1, 0.15) is 0 Å². The van der Waals surface area contributed by atoms with E-state index in [1.165, 1.54) is 0 Å². The summed E-state index contributed by atoms with van der Waals surface area (Å²) in [7, 11) is 0. The van der Waals surface area contributed by atoms with Crippen LogP contribution in [-0.2, 0) is 0 Å². The number of hydrogen-bond donors (Lipinski definition) is 0. The molecule has 0 saturated heterocycles. The van der Waals surface area contributed by atoms with E-state index < -0.39 is 54.9 Å². The zero-order valence-electron chi connectivity index (χ0n) is 11.5. The molecule has 0 radical (unpaired) electrons. The molecular weight excluding hydrogens is 454 g/mol. The molecule has 0 aromatic carbocycles. The van der Waals surface area contributed by atoms with Crippen molar-refractivity contribution < 1.29 is 57.1 Å². The zero-order valence-corrected chi connectivity index (χ0v) is 14.0. The molecule has 3 unspecified atom stereocenters. The van der Waals surface area contributed by atoms with E-state index in [9.17, 15) is 57.1 Å². The second kappa shape index (κ2) is 7.13. The van der Waals surface area contributed by atoms with E-state index >= 15 is 0 Å². The molecule has 25 heavy (non-hydrogen) atoms. The highest BCUT2D eigenvalue weighted by molar-refractivity contribution is 7.45. The Morgan fingerprint density at radius 1 is 0.680 bits per heavy atom. The molecule has 0 spiro atoms. The predicted molar refractivity (Wildman–Crippen MR) is 63.8 cm³/mol. The third-order valence-corrected chi connectivity index (χ3v) is 5.26. The molecule has 0 nitrogen and oxygen atoms in total. The molecule has 0 amide bonds. The first-order chi connectivity index (χ1) is 10.7. The lowest BCUT2D eigenvalue weighted by Crippen LogP contribution is -2.69. The van der Waals surface area contributed by atoms with Gasteiger partial charge in [0, 0.05) is 0 Å². The van der Waals surface area contributed by atoms with Crippen molar-refractivity contribution in [3.8, 4) is 0 Å². The van der Waals surface area contributed by atoms with Crippen LogP contribution in [0.2, 0.25) is 6.55 Å². The fourth-order valence-corrected chi connectivity index (χ4v) is 3.04. The van der Waals surface area contributed by atoms with Gasteiger partial charge in [-0.05, 0) is 6.55 Å². The van der Waals surface area contributed by atoms with Crippen molar-refractivity contribution in [2.75, 3.05) is 0 Å². The normalized spacial score (nSPS) is 19.1. The summed E-state index contributed by atoms with van der Waals surface area (Å²) in [6.45, 7) is -4.81. The summed E-state index contributed by atoms with van der Waals surface area (Å²) in [5.41, 5.74) is 0. The summed E-state index contributed by atoms with van der Waals surface area (Å²) in [6.07, 6.45) is -14.7. The van der Waals surface area contributed by atoms with Crippen LogP contribution in [-0.4, -0.2) is 54.9 Å². The fourth-order valence-electron chi connectivity index (χ4n) is 1.40. The Morgan fingerprint density at radius 3 is 1.28 bits per heavy atom. The van der Waals surface area contributed by atoms with E-state index in [4.69, 9.17) is 22.2 Å². The monoisotopic (exact) mass is 460 g/mol. The molecule has 0 fully saturated rings. The maximum atomic E-state index is 13.3. The molecule has 0 N–H and O–H groups in total. The van der Waals surface area contributed by atoms with E-state index in [-0.39, 0.29) is 6.55 Å². The molecular formula is C9H7Cl2F13Si.